The van der Waals surface area contributed by atoms with Crippen molar-refractivity contribution in [1.29, 1.82) is 0 Å². The molecule has 0 spiro atoms. The van der Waals surface area contributed by atoms with E-state index in [0.29, 0.717) is 6.10 Å². The zero-order valence-corrected chi connectivity index (χ0v) is 14.0. The Morgan fingerprint density at radius 3 is 2.57 bits per heavy atom. The van der Waals surface area contributed by atoms with Gasteiger partial charge in [0.2, 0.25) is 5.91 Å². The monoisotopic (exact) mass is 299 g/mol. The molecule has 1 fully saturated rings. The summed E-state index contributed by atoms with van der Waals surface area (Å²) in [6, 6.07) is 0. The van der Waals surface area contributed by atoms with Gasteiger partial charge in [-0.3, -0.25) is 4.79 Å². The van der Waals surface area contributed by atoms with Gasteiger partial charge in [0.05, 0.1) is 11.6 Å². The molecular weight excluding hydrogens is 266 g/mol. The number of nitrogens with two attached hydrogens (primary N) is 1. The fraction of sp³-hybridized carbons (Fsp3) is 0.938. The van der Waals surface area contributed by atoms with Gasteiger partial charge in [-0.25, -0.2) is 0 Å². The molecule has 1 aliphatic rings. The number of piperidine rings is 1. The molecule has 5 nitrogen and oxygen atoms in total. The van der Waals surface area contributed by atoms with Crippen LogP contribution < -0.4 is 11.1 Å². The zero-order chi connectivity index (χ0) is 15.7. The topological polar surface area (TPSA) is 67.6 Å². The predicted molar refractivity (Wildman–Crippen MR) is 86.2 cm³/mol. The number of methoxy groups -OCH3 is 1. The van der Waals surface area contributed by atoms with Crippen molar-refractivity contribution in [3.63, 3.8) is 0 Å². The number of hydrogen-bond acceptors (Lipinski definition) is 4. The van der Waals surface area contributed by atoms with Crippen LogP contribution in [0.2, 0.25) is 0 Å². The maximum atomic E-state index is 11.6. The standard InChI is InChI=1S/C16H33N3O2/c1-4-10-18-16(2,15(17)20)9-5-6-11-19-12-7-14(21-3)8-13-19/h14,18H,4-13H2,1-3H3,(H2,17,20). The number of primary amides is 1. The zero-order valence-electron chi connectivity index (χ0n) is 14.0. The number of nitrogens with one attached hydrogen (secondary N) is 1. The molecule has 1 heterocycles. The van der Waals surface area contributed by atoms with Gasteiger partial charge in [0.25, 0.3) is 0 Å². The van der Waals surface area contributed by atoms with E-state index in [1.807, 2.05) is 6.92 Å². The third-order valence-electron chi connectivity index (χ3n) is 4.58. The van der Waals surface area contributed by atoms with E-state index < -0.39 is 5.54 Å². The Bertz CT molecular complexity index is 304. The summed E-state index contributed by atoms with van der Waals surface area (Å²) in [5, 5.41) is 3.29. The molecule has 0 saturated carbocycles. The molecule has 1 saturated heterocycles. The van der Waals surface area contributed by atoms with Crippen LogP contribution in [0.15, 0.2) is 0 Å². The van der Waals surface area contributed by atoms with Crippen LogP contribution in [0, 0.1) is 0 Å². The molecule has 1 aliphatic heterocycles. The summed E-state index contributed by atoms with van der Waals surface area (Å²) in [7, 11) is 1.80. The second-order valence-corrected chi connectivity index (χ2v) is 6.36. The molecular formula is C16H33N3O2. The molecule has 0 aromatic heterocycles. The smallest absolute Gasteiger partial charge is 0.237 e. The normalized spacial score (nSPS) is 20.3. The van der Waals surface area contributed by atoms with Crippen LogP contribution in [0.25, 0.3) is 0 Å². The first-order valence-electron chi connectivity index (χ1n) is 8.32. The Balaban J connectivity index is 2.21. The molecule has 1 amide bonds. The van der Waals surface area contributed by atoms with Crippen molar-refractivity contribution in [1.82, 2.24) is 10.2 Å². The summed E-state index contributed by atoms with van der Waals surface area (Å²) in [6.45, 7) is 8.22. The molecule has 21 heavy (non-hydrogen) atoms. The highest BCUT2D eigenvalue weighted by Gasteiger charge is 2.29. The quantitative estimate of drug-likeness (QED) is 0.600. The third-order valence-corrected chi connectivity index (χ3v) is 4.58. The maximum Gasteiger partial charge on any atom is 0.237 e. The highest BCUT2D eigenvalue weighted by Crippen LogP contribution is 2.16. The lowest BCUT2D eigenvalue weighted by Gasteiger charge is -2.32. The molecule has 3 N–H and O–H groups in total. The maximum absolute atomic E-state index is 11.6. The highest BCUT2D eigenvalue weighted by molar-refractivity contribution is 5.84. The van der Waals surface area contributed by atoms with Crippen LogP contribution in [-0.2, 0) is 9.53 Å². The first-order valence-corrected chi connectivity index (χ1v) is 8.32. The van der Waals surface area contributed by atoms with E-state index in [1.165, 1.54) is 0 Å². The number of ether oxygens (including phenoxy) is 1. The van der Waals surface area contributed by atoms with Gasteiger partial charge >= 0.3 is 0 Å². The average molecular weight is 299 g/mol. The molecule has 5 heteroatoms. The lowest BCUT2D eigenvalue weighted by molar-refractivity contribution is -0.124. The fourth-order valence-electron chi connectivity index (χ4n) is 2.88. The van der Waals surface area contributed by atoms with Crippen molar-refractivity contribution in [2.45, 2.75) is 64.0 Å². The molecule has 124 valence electrons. The first kappa shape index (κ1) is 18.4. The number of hydrogen-bond donors (Lipinski definition) is 2. The molecule has 0 aromatic carbocycles. The van der Waals surface area contributed by atoms with Crippen LogP contribution in [0.5, 0.6) is 0 Å². The largest absolute Gasteiger partial charge is 0.381 e. The van der Waals surface area contributed by atoms with Crippen LogP contribution in [0.1, 0.15) is 52.4 Å². The van der Waals surface area contributed by atoms with Gasteiger partial charge in [-0.2, -0.15) is 0 Å². The van der Waals surface area contributed by atoms with Gasteiger partial charge in [-0.1, -0.05) is 6.92 Å². The molecule has 0 aromatic rings. The van der Waals surface area contributed by atoms with E-state index in [1.54, 1.807) is 7.11 Å². The second kappa shape index (κ2) is 9.38. The Kier molecular flexibility index (Phi) is 8.22. The number of amides is 1. The minimum atomic E-state index is -0.556. The van der Waals surface area contributed by atoms with E-state index in [4.69, 9.17) is 10.5 Å². The Hall–Kier alpha value is -0.650. The SMILES string of the molecule is CCCNC(C)(CCCCN1CCC(OC)CC1)C(N)=O. The molecule has 0 radical (unpaired) electrons. The van der Waals surface area contributed by atoms with Gasteiger partial charge in [-0.05, 0) is 58.5 Å². The van der Waals surface area contributed by atoms with Gasteiger partial charge in [0, 0.05) is 20.2 Å². The molecule has 0 aliphatic carbocycles. The van der Waals surface area contributed by atoms with Crippen molar-refractivity contribution in [3.05, 3.63) is 0 Å². The molecule has 1 rings (SSSR count). The van der Waals surface area contributed by atoms with Gasteiger partial charge in [-0.15, -0.1) is 0 Å². The summed E-state index contributed by atoms with van der Waals surface area (Å²) in [5.74, 6) is -0.239. The second-order valence-electron chi connectivity index (χ2n) is 6.36. The van der Waals surface area contributed by atoms with E-state index >= 15 is 0 Å². The van der Waals surface area contributed by atoms with Gasteiger partial charge in [0.1, 0.15) is 0 Å². The van der Waals surface area contributed by atoms with Gasteiger partial charge in [0.15, 0.2) is 0 Å². The third kappa shape index (κ3) is 6.32. The Morgan fingerprint density at radius 2 is 2.05 bits per heavy atom. The number of carbonyl (C=O) groups excluding carboxylic acids is 1. The summed E-state index contributed by atoms with van der Waals surface area (Å²) >= 11 is 0. The summed E-state index contributed by atoms with van der Waals surface area (Å²) < 4.78 is 5.39. The fourth-order valence-corrected chi connectivity index (χ4v) is 2.88. The summed E-state index contributed by atoms with van der Waals surface area (Å²) in [4.78, 5) is 14.1. The van der Waals surface area contributed by atoms with Crippen LogP contribution in [-0.4, -0.2) is 55.7 Å². The molecule has 1 atom stereocenters. The molecule has 1 unspecified atom stereocenters. The van der Waals surface area contributed by atoms with Crippen LogP contribution >= 0.6 is 0 Å². The van der Waals surface area contributed by atoms with Crippen molar-refractivity contribution >= 4 is 5.91 Å². The van der Waals surface area contributed by atoms with Crippen LogP contribution in [0.3, 0.4) is 0 Å². The number of likely N-dealkylation sites (tertiary alicyclic amines) is 1. The first-order chi connectivity index (χ1) is 10.0. The number of carbonyl (C=O) groups is 1. The van der Waals surface area contributed by atoms with E-state index in [2.05, 4.69) is 17.1 Å². The minimum Gasteiger partial charge on any atom is -0.381 e. The minimum absolute atomic E-state index is 0.239. The summed E-state index contributed by atoms with van der Waals surface area (Å²) in [6.07, 6.45) is 6.68. The number of rotatable bonds is 10. The lowest BCUT2D eigenvalue weighted by Crippen LogP contribution is -2.53. The average Bonchev–Trinajstić information content (AvgIpc) is 2.50. The van der Waals surface area contributed by atoms with E-state index in [9.17, 15) is 4.79 Å². The summed E-state index contributed by atoms with van der Waals surface area (Å²) in [5.41, 5.74) is 4.99. The molecule has 0 bridgehead atoms. The predicted octanol–water partition coefficient (Wildman–Crippen LogP) is 1.51. The van der Waals surface area contributed by atoms with Gasteiger partial charge < -0.3 is 20.7 Å². The highest BCUT2D eigenvalue weighted by atomic mass is 16.5. The Labute approximate surface area is 129 Å². The number of unbranched alkanes of at least 4 members (excludes halogenated alkanes) is 1. The van der Waals surface area contributed by atoms with Crippen molar-refractivity contribution in [3.8, 4) is 0 Å². The van der Waals surface area contributed by atoms with Crippen molar-refractivity contribution < 1.29 is 9.53 Å². The van der Waals surface area contributed by atoms with E-state index in [0.717, 1.165) is 64.7 Å². The van der Waals surface area contributed by atoms with Crippen molar-refractivity contribution in [2.24, 2.45) is 5.73 Å². The lowest BCUT2D eigenvalue weighted by atomic mass is 9.93. The van der Waals surface area contributed by atoms with E-state index in [-0.39, 0.29) is 5.91 Å². The Morgan fingerprint density at radius 1 is 1.38 bits per heavy atom. The number of nitrogens with zero attached hydrogens (tertiary/aromatic N) is 1. The van der Waals surface area contributed by atoms with Crippen molar-refractivity contribution in [2.75, 3.05) is 33.3 Å². The van der Waals surface area contributed by atoms with Crippen LogP contribution in [0.4, 0.5) is 0 Å².